The monoisotopic (exact) mass is 607 g/mol. The van der Waals surface area contributed by atoms with Crippen molar-refractivity contribution in [2.75, 3.05) is 23.9 Å². The first-order valence-corrected chi connectivity index (χ1v) is 14.6. The topological polar surface area (TPSA) is 118 Å². The zero-order chi connectivity index (χ0) is 28.7. The van der Waals surface area contributed by atoms with E-state index < -0.39 is 17.1 Å². The van der Waals surface area contributed by atoms with Crippen molar-refractivity contribution in [2.24, 2.45) is 5.92 Å². The van der Waals surface area contributed by atoms with Gasteiger partial charge < -0.3 is 19.8 Å². The molecule has 208 valence electrons. The molecule has 0 saturated carbocycles. The predicted octanol–water partition coefficient (Wildman–Crippen LogP) is 4.91. The lowest BCUT2D eigenvalue weighted by Crippen LogP contribution is -2.32. The zero-order valence-corrected chi connectivity index (χ0v) is 23.8. The second-order valence-electron chi connectivity index (χ2n) is 9.37. The molecule has 0 radical (unpaired) electrons. The number of imide groups is 1. The molecular weight excluding hydrogens is 586 g/mol. The Morgan fingerprint density at radius 1 is 0.951 bits per heavy atom. The highest BCUT2D eigenvalue weighted by molar-refractivity contribution is 8.00. The number of anilines is 2. The molecule has 0 spiro atoms. The summed E-state index contributed by atoms with van der Waals surface area (Å²) in [4.78, 5) is 56.4. The predicted molar refractivity (Wildman–Crippen MR) is 157 cm³/mol. The molecule has 1 aromatic heterocycles. The minimum absolute atomic E-state index is 0.206. The van der Waals surface area contributed by atoms with Gasteiger partial charge in [0.1, 0.15) is 16.7 Å². The van der Waals surface area contributed by atoms with E-state index in [0.29, 0.717) is 37.8 Å². The Morgan fingerprint density at radius 2 is 1.63 bits per heavy atom. The summed E-state index contributed by atoms with van der Waals surface area (Å²) < 4.78 is 10.8. The first-order chi connectivity index (χ1) is 19.8. The first kappa shape index (κ1) is 27.1. The van der Waals surface area contributed by atoms with Gasteiger partial charge in [0.15, 0.2) is 6.61 Å². The number of hydrogen-bond donors (Lipinski definition) is 2. The number of thiazole rings is 1. The van der Waals surface area contributed by atoms with E-state index in [0.717, 1.165) is 16.9 Å². The highest BCUT2D eigenvalue weighted by atomic mass is 35.5. The van der Waals surface area contributed by atoms with E-state index in [1.165, 1.54) is 16.7 Å². The lowest BCUT2D eigenvalue weighted by molar-refractivity contribution is -0.122. The molecule has 3 heterocycles. The van der Waals surface area contributed by atoms with Gasteiger partial charge in [-0.1, -0.05) is 46.8 Å². The van der Waals surface area contributed by atoms with Crippen molar-refractivity contribution in [1.82, 2.24) is 4.98 Å². The number of nitrogens with one attached hydrogen (secondary N) is 2. The van der Waals surface area contributed by atoms with Crippen LogP contribution in [0.25, 0.3) is 0 Å². The number of carbonyl (C=O) groups excluding carboxylic acids is 3. The van der Waals surface area contributed by atoms with Crippen LogP contribution in [0.4, 0.5) is 11.4 Å². The summed E-state index contributed by atoms with van der Waals surface area (Å²) in [5, 5.41) is 3.16. The average molecular weight is 608 g/mol. The minimum atomic E-state index is -0.704. The van der Waals surface area contributed by atoms with Crippen LogP contribution in [-0.4, -0.2) is 41.7 Å². The van der Waals surface area contributed by atoms with Crippen molar-refractivity contribution < 1.29 is 23.9 Å². The number of aromatic nitrogens is 1. The number of methoxy groups -OCH3 is 1. The maximum Gasteiger partial charge on any atom is 0.305 e. The SMILES string of the molecule is COc1ccc(NC(=O)COc2ccc([C@@H]3c4sc(=O)[nH]c4S[C@H]4C(=O)N(c5ccc(Cl)cc5)C(=O)[C@@H]34)cc2)cc1. The molecule has 0 unspecified atom stereocenters. The third kappa shape index (κ3) is 5.23. The summed E-state index contributed by atoms with van der Waals surface area (Å²) in [6, 6.07) is 20.5. The number of amides is 3. The summed E-state index contributed by atoms with van der Waals surface area (Å²) in [6.45, 7) is -0.206. The number of carbonyl (C=O) groups is 3. The standard InChI is InChI=1S/C29H22ClN3O6S2/c1-38-19-12-6-17(7-13-19)31-21(34)14-39-20-10-2-15(3-11-20)22-23-25(40-26-24(22)41-29(37)32-26)28(36)33(27(23)35)18-8-4-16(30)5-9-18/h2-13,22-23,25H,14H2,1H3,(H,31,34)(H,32,37)/t22-,23-,25+/m0/s1. The second-order valence-corrected chi connectivity index (χ2v) is 12.0. The number of aromatic amines is 1. The van der Waals surface area contributed by atoms with Crippen LogP contribution in [-0.2, 0) is 14.4 Å². The van der Waals surface area contributed by atoms with Crippen LogP contribution < -0.4 is 24.6 Å². The largest absolute Gasteiger partial charge is 0.497 e. The molecule has 6 rings (SSSR count). The van der Waals surface area contributed by atoms with Gasteiger partial charge in [0.2, 0.25) is 11.8 Å². The molecule has 0 bridgehead atoms. The van der Waals surface area contributed by atoms with Crippen LogP contribution in [0.5, 0.6) is 11.5 Å². The van der Waals surface area contributed by atoms with Crippen molar-refractivity contribution in [1.29, 1.82) is 0 Å². The number of benzene rings is 3. The Labute approximate surface area is 247 Å². The van der Waals surface area contributed by atoms with Crippen LogP contribution in [0.1, 0.15) is 16.4 Å². The van der Waals surface area contributed by atoms with Crippen LogP contribution in [0.2, 0.25) is 5.02 Å². The van der Waals surface area contributed by atoms with Crippen LogP contribution in [0, 0.1) is 5.92 Å². The summed E-state index contributed by atoms with van der Waals surface area (Å²) in [5.41, 5.74) is 1.82. The summed E-state index contributed by atoms with van der Waals surface area (Å²) in [7, 11) is 1.57. The fourth-order valence-corrected chi connectivity index (χ4v) is 7.65. The molecule has 2 N–H and O–H groups in total. The van der Waals surface area contributed by atoms with Gasteiger partial charge in [-0.2, -0.15) is 0 Å². The lowest BCUT2D eigenvalue weighted by Gasteiger charge is -2.29. The quantitative estimate of drug-likeness (QED) is 0.287. The lowest BCUT2D eigenvalue weighted by atomic mass is 9.83. The minimum Gasteiger partial charge on any atom is -0.497 e. The van der Waals surface area contributed by atoms with Gasteiger partial charge >= 0.3 is 4.87 Å². The van der Waals surface area contributed by atoms with Crippen molar-refractivity contribution in [3.8, 4) is 11.5 Å². The van der Waals surface area contributed by atoms with Crippen molar-refractivity contribution in [2.45, 2.75) is 16.2 Å². The van der Waals surface area contributed by atoms with Crippen LogP contribution >= 0.6 is 34.7 Å². The molecule has 12 heteroatoms. The maximum atomic E-state index is 13.8. The Bertz CT molecular complexity index is 1690. The molecule has 2 aliphatic rings. The van der Waals surface area contributed by atoms with Crippen molar-refractivity contribution >= 4 is 63.8 Å². The van der Waals surface area contributed by atoms with Gasteiger partial charge in [0.25, 0.3) is 5.91 Å². The Balaban J connectivity index is 1.22. The smallest absolute Gasteiger partial charge is 0.305 e. The number of H-pyrrole nitrogens is 1. The van der Waals surface area contributed by atoms with Gasteiger partial charge in [-0.3, -0.25) is 19.2 Å². The fraction of sp³-hybridized carbons (Fsp3) is 0.172. The Kier molecular flexibility index (Phi) is 7.33. The van der Waals surface area contributed by atoms with Gasteiger partial charge in [-0.05, 0) is 66.2 Å². The molecule has 3 aromatic carbocycles. The average Bonchev–Trinajstić information content (AvgIpc) is 3.47. The van der Waals surface area contributed by atoms with E-state index >= 15 is 0 Å². The van der Waals surface area contributed by atoms with E-state index in [2.05, 4.69) is 10.3 Å². The molecule has 3 atom stereocenters. The second kappa shape index (κ2) is 11.1. The summed E-state index contributed by atoms with van der Waals surface area (Å²) >= 11 is 8.28. The van der Waals surface area contributed by atoms with Gasteiger partial charge in [-0.15, -0.1) is 0 Å². The molecule has 9 nitrogen and oxygen atoms in total. The van der Waals surface area contributed by atoms with Gasteiger partial charge in [0.05, 0.1) is 23.7 Å². The zero-order valence-electron chi connectivity index (χ0n) is 21.5. The van der Waals surface area contributed by atoms with Crippen LogP contribution in [0.15, 0.2) is 82.6 Å². The summed E-state index contributed by atoms with van der Waals surface area (Å²) in [5.74, 6) is -1.07. The molecule has 4 aromatic rings. The first-order valence-electron chi connectivity index (χ1n) is 12.5. The molecule has 3 amide bonds. The highest BCUT2D eigenvalue weighted by Crippen LogP contribution is 2.53. The van der Waals surface area contributed by atoms with Gasteiger partial charge in [0, 0.05) is 21.5 Å². The van der Waals surface area contributed by atoms with E-state index in [-0.39, 0.29) is 29.2 Å². The van der Waals surface area contributed by atoms with Gasteiger partial charge in [-0.25, -0.2) is 4.90 Å². The molecule has 41 heavy (non-hydrogen) atoms. The number of thioether (sulfide) groups is 1. The number of hydrogen-bond acceptors (Lipinski definition) is 8. The Morgan fingerprint density at radius 3 is 2.32 bits per heavy atom. The van der Waals surface area contributed by atoms with Crippen molar-refractivity contribution in [3.05, 3.63) is 97.9 Å². The normalized spacial score (nSPS) is 19.5. The summed E-state index contributed by atoms with van der Waals surface area (Å²) in [6.07, 6.45) is 0. The number of halogens is 1. The van der Waals surface area contributed by atoms with E-state index in [1.807, 2.05) is 0 Å². The Hall–Kier alpha value is -4.06. The highest BCUT2D eigenvalue weighted by Gasteiger charge is 2.56. The molecule has 2 aliphatic heterocycles. The van der Waals surface area contributed by atoms with E-state index in [9.17, 15) is 19.2 Å². The molecule has 1 saturated heterocycles. The fourth-order valence-electron chi connectivity index (χ4n) is 5.01. The number of rotatable bonds is 7. The maximum absolute atomic E-state index is 13.8. The number of ether oxygens (including phenoxy) is 2. The molecular formula is C29H22ClN3O6S2. The van der Waals surface area contributed by atoms with E-state index in [4.69, 9.17) is 21.1 Å². The van der Waals surface area contributed by atoms with E-state index in [1.54, 1.807) is 79.9 Å². The number of fused-ring (bicyclic) bond motifs is 2. The number of nitrogens with zero attached hydrogens (tertiary/aromatic N) is 1. The third-order valence-electron chi connectivity index (χ3n) is 6.89. The van der Waals surface area contributed by atoms with Crippen LogP contribution in [0.3, 0.4) is 0 Å². The molecule has 0 aliphatic carbocycles. The molecule has 1 fully saturated rings. The third-order valence-corrected chi connectivity index (χ3v) is 9.54. The van der Waals surface area contributed by atoms with Crippen molar-refractivity contribution in [3.63, 3.8) is 0 Å².